The molecule has 0 spiro atoms. The van der Waals surface area contributed by atoms with Crippen LogP contribution in [-0.2, 0) is 10.0 Å². The van der Waals surface area contributed by atoms with Crippen LogP contribution in [0.1, 0.15) is 51.2 Å². The van der Waals surface area contributed by atoms with Gasteiger partial charge in [0.1, 0.15) is 5.75 Å². The highest BCUT2D eigenvalue weighted by Gasteiger charge is 2.19. The molecule has 1 rings (SSSR count). The van der Waals surface area contributed by atoms with Crippen molar-refractivity contribution < 1.29 is 13.2 Å². The van der Waals surface area contributed by atoms with Crippen molar-refractivity contribution in [1.29, 1.82) is 0 Å². The molecule has 0 aliphatic heterocycles. The molecule has 2 N–H and O–H groups in total. The minimum atomic E-state index is -3.71. The Labute approximate surface area is 122 Å². The first-order valence-electron chi connectivity index (χ1n) is 6.93. The topological polar surface area (TPSA) is 69.4 Å². The third-order valence-corrected chi connectivity index (χ3v) is 4.16. The van der Waals surface area contributed by atoms with Crippen LogP contribution < -0.4 is 9.88 Å². The maximum absolute atomic E-state index is 11.7. The lowest BCUT2D eigenvalue weighted by molar-refractivity contribution is 0.287. The molecule has 1 aromatic rings. The van der Waals surface area contributed by atoms with Crippen LogP contribution in [-0.4, -0.2) is 15.0 Å². The van der Waals surface area contributed by atoms with E-state index in [1.54, 1.807) is 12.1 Å². The Kier molecular flexibility index (Phi) is 5.59. The van der Waals surface area contributed by atoms with Gasteiger partial charge in [-0.15, -0.1) is 0 Å². The summed E-state index contributed by atoms with van der Waals surface area (Å²) in [6.45, 7) is 10.6. The third-order valence-electron chi connectivity index (χ3n) is 3.19. The molecule has 0 aliphatic carbocycles. The lowest BCUT2D eigenvalue weighted by atomic mass is 10.0. The lowest BCUT2D eigenvalue weighted by Crippen LogP contribution is -2.16. The molecule has 20 heavy (non-hydrogen) atoms. The monoisotopic (exact) mass is 299 g/mol. The average Bonchev–Trinajstić information content (AvgIpc) is 2.28. The zero-order valence-corrected chi connectivity index (χ0v) is 13.8. The van der Waals surface area contributed by atoms with Crippen molar-refractivity contribution in [3.8, 4) is 5.75 Å². The van der Waals surface area contributed by atoms with E-state index in [1.165, 1.54) is 0 Å². The second-order valence-electron chi connectivity index (χ2n) is 5.89. The number of rotatable bonds is 6. The first-order valence-corrected chi connectivity index (χ1v) is 8.47. The number of nitrogens with two attached hydrogens (primary N) is 1. The molecule has 0 atom stereocenters. The summed E-state index contributed by atoms with van der Waals surface area (Å²) in [6.07, 6.45) is 0.966. The van der Waals surface area contributed by atoms with Gasteiger partial charge in [0.2, 0.25) is 10.0 Å². The Bertz CT molecular complexity index is 563. The number of benzene rings is 1. The maximum atomic E-state index is 11.7. The van der Waals surface area contributed by atoms with E-state index in [-0.39, 0.29) is 10.8 Å². The van der Waals surface area contributed by atoms with Crippen molar-refractivity contribution in [2.45, 2.75) is 51.9 Å². The van der Waals surface area contributed by atoms with Crippen LogP contribution in [0.15, 0.2) is 17.0 Å². The molecule has 0 radical (unpaired) electrons. The van der Waals surface area contributed by atoms with E-state index in [0.717, 1.165) is 17.7 Å². The van der Waals surface area contributed by atoms with Crippen molar-refractivity contribution in [1.82, 2.24) is 0 Å². The highest BCUT2D eigenvalue weighted by atomic mass is 32.2. The van der Waals surface area contributed by atoms with Crippen molar-refractivity contribution >= 4 is 10.0 Å². The second kappa shape index (κ2) is 6.59. The van der Waals surface area contributed by atoms with E-state index in [0.29, 0.717) is 18.1 Å². The number of sulfonamides is 1. The normalized spacial score (nSPS) is 12.2. The average molecular weight is 299 g/mol. The summed E-state index contributed by atoms with van der Waals surface area (Å²) in [7, 11) is -3.71. The summed E-state index contributed by atoms with van der Waals surface area (Å²) in [5, 5.41) is 5.29. The minimum Gasteiger partial charge on any atom is -0.493 e. The first kappa shape index (κ1) is 17.0. The van der Waals surface area contributed by atoms with Gasteiger partial charge in [-0.1, -0.05) is 27.7 Å². The molecule has 114 valence electrons. The molecular weight excluding hydrogens is 274 g/mol. The zero-order valence-electron chi connectivity index (χ0n) is 12.9. The molecule has 0 heterocycles. The smallest absolute Gasteiger partial charge is 0.238 e. The Balaban J connectivity index is 3.14. The highest BCUT2D eigenvalue weighted by Crippen LogP contribution is 2.30. The summed E-state index contributed by atoms with van der Waals surface area (Å²) in [4.78, 5) is 0.196. The zero-order chi connectivity index (χ0) is 15.5. The largest absolute Gasteiger partial charge is 0.493 e. The van der Waals surface area contributed by atoms with E-state index in [1.807, 2.05) is 20.8 Å². The van der Waals surface area contributed by atoms with Crippen molar-refractivity contribution in [3.05, 3.63) is 23.3 Å². The van der Waals surface area contributed by atoms with Crippen LogP contribution >= 0.6 is 0 Å². The third kappa shape index (κ3) is 4.49. The predicted molar refractivity (Wildman–Crippen MR) is 81.6 cm³/mol. The molecule has 0 unspecified atom stereocenters. The van der Waals surface area contributed by atoms with E-state index >= 15 is 0 Å². The summed E-state index contributed by atoms with van der Waals surface area (Å²) < 4.78 is 29.1. The number of hydrogen-bond donors (Lipinski definition) is 1. The molecule has 0 fully saturated rings. The molecule has 5 heteroatoms. The van der Waals surface area contributed by atoms with E-state index in [2.05, 4.69) is 13.8 Å². The van der Waals surface area contributed by atoms with Crippen molar-refractivity contribution in [2.75, 3.05) is 6.61 Å². The predicted octanol–water partition coefficient (Wildman–Crippen LogP) is 3.19. The van der Waals surface area contributed by atoms with Gasteiger partial charge in [0.25, 0.3) is 0 Å². The van der Waals surface area contributed by atoms with Gasteiger partial charge in [-0.25, -0.2) is 13.6 Å². The summed E-state index contributed by atoms with van der Waals surface area (Å²) in [6, 6.07) is 3.41. The van der Waals surface area contributed by atoms with Gasteiger partial charge in [-0.3, -0.25) is 0 Å². The van der Waals surface area contributed by atoms with Crippen LogP contribution in [0.3, 0.4) is 0 Å². The van der Waals surface area contributed by atoms with Crippen molar-refractivity contribution in [3.63, 3.8) is 0 Å². The highest BCUT2D eigenvalue weighted by molar-refractivity contribution is 7.89. The number of aryl methyl sites for hydroxylation is 1. The van der Waals surface area contributed by atoms with Gasteiger partial charge < -0.3 is 4.74 Å². The number of hydrogen-bond acceptors (Lipinski definition) is 3. The molecule has 0 amide bonds. The maximum Gasteiger partial charge on any atom is 0.238 e. The van der Waals surface area contributed by atoms with E-state index in [4.69, 9.17) is 9.88 Å². The second-order valence-corrected chi connectivity index (χ2v) is 7.42. The Morgan fingerprint density at radius 1 is 1.20 bits per heavy atom. The van der Waals surface area contributed by atoms with Gasteiger partial charge in [0.15, 0.2) is 0 Å². The SMILES string of the molecule is Cc1cc(S(N)(=O)=O)c(C(C)C)cc1OCCC(C)C. The van der Waals surface area contributed by atoms with Gasteiger partial charge in [0.05, 0.1) is 11.5 Å². The fourth-order valence-electron chi connectivity index (χ4n) is 1.93. The van der Waals surface area contributed by atoms with Crippen LogP contribution in [0.5, 0.6) is 5.75 Å². The van der Waals surface area contributed by atoms with Crippen LogP contribution in [0.2, 0.25) is 0 Å². The van der Waals surface area contributed by atoms with Crippen molar-refractivity contribution in [2.24, 2.45) is 11.1 Å². The van der Waals surface area contributed by atoms with Crippen LogP contribution in [0.25, 0.3) is 0 Å². The molecular formula is C15H25NO3S. The van der Waals surface area contributed by atoms with E-state index < -0.39 is 10.0 Å². The molecule has 4 nitrogen and oxygen atoms in total. The molecule has 1 aromatic carbocycles. The Hall–Kier alpha value is -1.07. The van der Waals surface area contributed by atoms with E-state index in [9.17, 15) is 8.42 Å². The summed E-state index contributed by atoms with van der Waals surface area (Å²) >= 11 is 0. The Morgan fingerprint density at radius 3 is 2.25 bits per heavy atom. The molecule has 0 saturated carbocycles. The van der Waals surface area contributed by atoms with Crippen LogP contribution in [0.4, 0.5) is 0 Å². The fraction of sp³-hybridized carbons (Fsp3) is 0.600. The van der Waals surface area contributed by atoms with Gasteiger partial charge in [-0.2, -0.15) is 0 Å². The first-order chi connectivity index (χ1) is 9.12. The standard InChI is InChI=1S/C15H25NO3S/c1-10(2)6-7-19-14-9-13(11(3)4)15(8-12(14)5)20(16,17)18/h8-11H,6-7H2,1-5H3,(H2,16,17,18). The number of ether oxygens (including phenoxy) is 1. The lowest BCUT2D eigenvalue weighted by Gasteiger charge is -2.17. The molecule has 0 saturated heterocycles. The fourth-order valence-corrected chi connectivity index (χ4v) is 2.90. The molecule has 0 aromatic heterocycles. The molecule has 0 bridgehead atoms. The van der Waals surface area contributed by atoms with Gasteiger partial charge in [-0.05, 0) is 48.4 Å². The Morgan fingerprint density at radius 2 is 1.80 bits per heavy atom. The summed E-state index contributed by atoms with van der Waals surface area (Å²) in [5.74, 6) is 1.38. The van der Waals surface area contributed by atoms with Gasteiger partial charge >= 0.3 is 0 Å². The minimum absolute atomic E-state index is 0.0661. The quantitative estimate of drug-likeness (QED) is 0.877. The summed E-state index contributed by atoms with van der Waals surface area (Å²) in [5.41, 5.74) is 1.50. The van der Waals surface area contributed by atoms with Crippen LogP contribution in [0, 0.1) is 12.8 Å². The molecule has 0 aliphatic rings. The van der Waals surface area contributed by atoms with Gasteiger partial charge in [0, 0.05) is 0 Å². The number of primary sulfonamides is 1.